The Morgan fingerprint density at radius 1 is 1.32 bits per heavy atom. The quantitative estimate of drug-likeness (QED) is 0.742. The van der Waals surface area contributed by atoms with Crippen LogP contribution in [0, 0.1) is 0 Å². The molecule has 3 rings (SSSR count). The van der Waals surface area contributed by atoms with Gasteiger partial charge >= 0.3 is 0 Å². The molecule has 3 aromatic heterocycles. The lowest BCUT2D eigenvalue weighted by Gasteiger charge is -2.23. The summed E-state index contributed by atoms with van der Waals surface area (Å²) in [6.45, 7) is 8.46. The van der Waals surface area contributed by atoms with E-state index in [1.807, 2.05) is 4.68 Å². The van der Waals surface area contributed by atoms with E-state index < -0.39 is 0 Å². The van der Waals surface area contributed by atoms with E-state index in [1.54, 1.807) is 28.7 Å². The molecule has 7 heteroatoms. The van der Waals surface area contributed by atoms with E-state index in [9.17, 15) is 0 Å². The van der Waals surface area contributed by atoms with Crippen LogP contribution in [0.4, 0.5) is 0 Å². The van der Waals surface area contributed by atoms with Crippen molar-refractivity contribution in [2.75, 3.05) is 0 Å². The molecule has 0 bridgehead atoms. The zero-order valence-corrected chi connectivity index (χ0v) is 14.1. The molecular weight excluding hydrogens is 296 g/mol. The highest BCUT2D eigenvalue weighted by Crippen LogP contribution is 2.23. The third kappa shape index (κ3) is 2.94. The molecule has 0 N–H and O–H groups in total. The fourth-order valence-electron chi connectivity index (χ4n) is 2.31. The first-order valence-electron chi connectivity index (χ1n) is 7.28. The monoisotopic (exact) mass is 316 g/mol. The third-order valence-electron chi connectivity index (χ3n) is 3.43. The Balaban J connectivity index is 1.98. The molecule has 3 heterocycles. The van der Waals surface area contributed by atoms with Gasteiger partial charge < -0.3 is 0 Å². The maximum atomic E-state index is 4.78. The smallest absolute Gasteiger partial charge is 0.156 e. The zero-order valence-electron chi connectivity index (χ0n) is 13.3. The highest BCUT2D eigenvalue weighted by molar-refractivity contribution is 7.09. The van der Waals surface area contributed by atoms with E-state index in [2.05, 4.69) is 55.3 Å². The van der Waals surface area contributed by atoms with Crippen LogP contribution in [0.1, 0.15) is 50.3 Å². The molecule has 1 atom stereocenters. The SMILES string of the molecule is CC(c1nc(Cc2cccs2)nn1C(C)(C)C)n1cncn1. The van der Waals surface area contributed by atoms with Crippen LogP contribution in [0.2, 0.25) is 0 Å². The minimum Gasteiger partial charge on any atom is -0.243 e. The summed E-state index contributed by atoms with van der Waals surface area (Å²) in [7, 11) is 0. The molecule has 0 saturated carbocycles. The molecule has 0 amide bonds. The number of thiophene rings is 1. The van der Waals surface area contributed by atoms with Gasteiger partial charge in [-0.1, -0.05) is 6.07 Å². The lowest BCUT2D eigenvalue weighted by molar-refractivity contribution is 0.324. The second kappa shape index (κ2) is 5.64. The second-order valence-corrected chi connectivity index (χ2v) is 7.31. The summed E-state index contributed by atoms with van der Waals surface area (Å²) in [6, 6.07) is 4.16. The molecule has 0 aliphatic carbocycles. The van der Waals surface area contributed by atoms with Gasteiger partial charge in [0.05, 0.1) is 5.54 Å². The average molecular weight is 316 g/mol. The highest BCUT2D eigenvalue weighted by Gasteiger charge is 2.25. The maximum Gasteiger partial charge on any atom is 0.156 e. The predicted octanol–water partition coefficient (Wildman–Crippen LogP) is 2.89. The van der Waals surface area contributed by atoms with Gasteiger partial charge in [0, 0.05) is 11.3 Å². The lowest BCUT2D eigenvalue weighted by Crippen LogP contribution is -2.28. The summed E-state index contributed by atoms with van der Waals surface area (Å²) >= 11 is 1.73. The summed E-state index contributed by atoms with van der Waals surface area (Å²) in [5, 5.41) is 11.0. The molecule has 0 aliphatic heterocycles. The molecule has 0 aliphatic rings. The summed E-state index contributed by atoms with van der Waals surface area (Å²) in [6.07, 6.45) is 4.02. The second-order valence-electron chi connectivity index (χ2n) is 6.28. The van der Waals surface area contributed by atoms with Gasteiger partial charge in [0.25, 0.3) is 0 Å². The Hall–Kier alpha value is -2.02. The molecular formula is C15H20N6S. The van der Waals surface area contributed by atoms with Crippen LogP contribution >= 0.6 is 11.3 Å². The number of rotatable bonds is 4. The van der Waals surface area contributed by atoms with E-state index in [1.165, 1.54) is 4.88 Å². The summed E-state index contributed by atoms with van der Waals surface area (Å²) in [4.78, 5) is 10.1. The van der Waals surface area contributed by atoms with Crippen LogP contribution in [-0.4, -0.2) is 29.5 Å². The lowest BCUT2D eigenvalue weighted by atomic mass is 10.1. The van der Waals surface area contributed by atoms with Gasteiger partial charge in [0.1, 0.15) is 18.7 Å². The van der Waals surface area contributed by atoms with Gasteiger partial charge in [-0.2, -0.15) is 10.2 Å². The molecule has 0 spiro atoms. The Bertz CT molecular complexity index is 721. The fraction of sp³-hybridized carbons (Fsp3) is 0.467. The van der Waals surface area contributed by atoms with E-state index in [0.29, 0.717) is 0 Å². The van der Waals surface area contributed by atoms with Crippen LogP contribution in [0.15, 0.2) is 30.2 Å². The summed E-state index contributed by atoms with van der Waals surface area (Å²) in [5.41, 5.74) is -0.134. The largest absolute Gasteiger partial charge is 0.243 e. The number of hydrogen-bond donors (Lipinski definition) is 0. The van der Waals surface area contributed by atoms with E-state index >= 15 is 0 Å². The first kappa shape index (κ1) is 14.9. The Kier molecular flexibility index (Phi) is 3.82. The first-order chi connectivity index (χ1) is 10.4. The topological polar surface area (TPSA) is 61.4 Å². The average Bonchev–Trinajstić information content (AvgIpc) is 3.19. The van der Waals surface area contributed by atoms with Crippen LogP contribution < -0.4 is 0 Å². The molecule has 0 radical (unpaired) electrons. The highest BCUT2D eigenvalue weighted by atomic mass is 32.1. The van der Waals surface area contributed by atoms with Crippen molar-refractivity contribution >= 4 is 11.3 Å². The van der Waals surface area contributed by atoms with Gasteiger partial charge in [-0.15, -0.1) is 11.3 Å². The van der Waals surface area contributed by atoms with Crippen LogP contribution in [-0.2, 0) is 12.0 Å². The van der Waals surface area contributed by atoms with Crippen molar-refractivity contribution in [2.45, 2.75) is 45.7 Å². The van der Waals surface area contributed by atoms with Gasteiger partial charge in [0.2, 0.25) is 0 Å². The van der Waals surface area contributed by atoms with E-state index in [0.717, 1.165) is 18.1 Å². The predicted molar refractivity (Wildman–Crippen MR) is 86.0 cm³/mol. The molecule has 6 nitrogen and oxygen atoms in total. The third-order valence-corrected chi connectivity index (χ3v) is 4.31. The maximum absolute atomic E-state index is 4.78. The first-order valence-corrected chi connectivity index (χ1v) is 8.16. The van der Waals surface area contributed by atoms with Crippen molar-refractivity contribution < 1.29 is 0 Å². The zero-order chi connectivity index (χ0) is 15.7. The normalized spacial score (nSPS) is 13.5. The van der Waals surface area contributed by atoms with E-state index in [-0.39, 0.29) is 11.6 Å². The Labute approximate surface area is 133 Å². The van der Waals surface area contributed by atoms with Crippen molar-refractivity contribution in [1.82, 2.24) is 29.5 Å². The van der Waals surface area contributed by atoms with Crippen molar-refractivity contribution in [3.05, 3.63) is 46.7 Å². The fourth-order valence-corrected chi connectivity index (χ4v) is 3.01. The van der Waals surface area contributed by atoms with Crippen LogP contribution in [0.3, 0.4) is 0 Å². The molecule has 116 valence electrons. The number of hydrogen-bond acceptors (Lipinski definition) is 5. The minimum atomic E-state index is -0.134. The summed E-state index contributed by atoms with van der Waals surface area (Å²) in [5.74, 6) is 1.75. The van der Waals surface area contributed by atoms with Gasteiger partial charge in [0.15, 0.2) is 11.6 Å². The van der Waals surface area contributed by atoms with Crippen molar-refractivity contribution in [3.63, 3.8) is 0 Å². The van der Waals surface area contributed by atoms with Gasteiger partial charge in [-0.25, -0.2) is 19.3 Å². The standard InChI is InChI=1S/C15H20N6S/c1-11(20-10-16-9-17-20)14-18-13(8-12-6-5-7-22-12)19-21(14)15(2,3)4/h5-7,9-11H,8H2,1-4H3. The van der Waals surface area contributed by atoms with Crippen molar-refractivity contribution in [3.8, 4) is 0 Å². The van der Waals surface area contributed by atoms with Crippen LogP contribution in [0.25, 0.3) is 0 Å². The Morgan fingerprint density at radius 2 is 2.14 bits per heavy atom. The molecule has 22 heavy (non-hydrogen) atoms. The summed E-state index contributed by atoms with van der Waals surface area (Å²) < 4.78 is 3.81. The number of aromatic nitrogens is 6. The van der Waals surface area contributed by atoms with Crippen LogP contribution in [0.5, 0.6) is 0 Å². The Morgan fingerprint density at radius 3 is 2.73 bits per heavy atom. The van der Waals surface area contributed by atoms with E-state index in [4.69, 9.17) is 10.1 Å². The molecule has 0 saturated heterocycles. The molecule has 0 aromatic carbocycles. The van der Waals surface area contributed by atoms with Crippen molar-refractivity contribution in [2.24, 2.45) is 0 Å². The number of nitrogens with zero attached hydrogens (tertiary/aromatic N) is 6. The van der Waals surface area contributed by atoms with Gasteiger partial charge in [-0.05, 0) is 39.1 Å². The minimum absolute atomic E-state index is 0.00805. The molecule has 0 fully saturated rings. The molecule has 3 aromatic rings. The van der Waals surface area contributed by atoms with Gasteiger partial charge in [-0.3, -0.25) is 0 Å². The molecule has 1 unspecified atom stereocenters. The van der Waals surface area contributed by atoms with Crippen molar-refractivity contribution in [1.29, 1.82) is 0 Å².